The van der Waals surface area contributed by atoms with Crippen molar-refractivity contribution in [3.8, 4) is 17.4 Å². The Balaban J connectivity index is 1.88. The van der Waals surface area contributed by atoms with Crippen LogP contribution in [0.15, 0.2) is 50.7 Å². The molecule has 0 radical (unpaired) electrons. The number of phenolic OH excluding ortho intramolecular Hbond substituents is 1. The van der Waals surface area contributed by atoms with Crippen molar-refractivity contribution in [1.82, 2.24) is 4.98 Å². The molecule has 0 saturated carbocycles. The van der Waals surface area contributed by atoms with Gasteiger partial charge in [0.15, 0.2) is 11.5 Å². The van der Waals surface area contributed by atoms with E-state index in [2.05, 4.69) is 30.6 Å². The van der Waals surface area contributed by atoms with Gasteiger partial charge in [0.25, 0.3) is 5.56 Å². The highest BCUT2D eigenvalue weighted by atomic mass is 79.9. The van der Waals surface area contributed by atoms with Gasteiger partial charge < -0.3 is 14.9 Å². The Hall–Kier alpha value is -2.94. The van der Waals surface area contributed by atoms with Gasteiger partial charge in [-0.25, -0.2) is 0 Å². The van der Waals surface area contributed by atoms with Gasteiger partial charge in [-0.15, -0.1) is 0 Å². The van der Waals surface area contributed by atoms with Crippen molar-refractivity contribution >= 4 is 32.9 Å². The highest BCUT2D eigenvalue weighted by Gasteiger charge is 2.11. The number of hydrogen-bond donors (Lipinski definition) is 3. The molecular formula is C18H13BrF2N2O4. The molecule has 140 valence electrons. The molecule has 1 heterocycles. The van der Waals surface area contributed by atoms with Crippen LogP contribution < -0.4 is 10.3 Å². The maximum atomic E-state index is 12.2. The minimum absolute atomic E-state index is 0.108. The summed E-state index contributed by atoms with van der Waals surface area (Å²) in [5, 5.41) is 20.7. The zero-order valence-electron chi connectivity index (χ0n) is 13.6. The number of aromatic nitrogens is 1. The topological polar surface area (TPSA) is 94.9 Å². The molecule has 0 saturated heterocycles. The van der Waals surface area contributed by atoms with Crippen LogP contribution in [0.1, 0.15) is 11.1 Å². The van der Waals surface area contributed by atoms with E-state index in [9.17, 15) is 23.8 Å². The molecule has 9 heteroatoms. The Kier molecular flexibility index (Phi) is 5.41. The number of alkyl halides is 2. The maximum Gasteiger partial charge on any atom is 0.387 e. The van der Waals surface area contributed by atoms with E-state index in [-0.39, 0.29) is 18.2 Å². The maximum absolute atomic E-state index is 12.2. The molecule has 3 aromatic rings. The summed E-state index contributed by atoms with van der Waals surface area (Å²) >= 11 is 3.32. The molecule has 6 nitrogen and oxygen atoms in total. The quantitative estimate of drug-likeness (QED) is 0.526. The number of nitrogens with one attached hydrogen (secondary N) is 1. The Morgan fingerprint density at radius 2 is 1.96 bits per heavy atom. The van der Waals surface area contributed by atoms with Gasteiger partial charge in [-0.2, -0.15) is 8.78 Å². The lowest BCUT2D eigenvalue weighted by atomic mass is 10.1. The molecule has 0 fully saturated rings. The highest BCUT2D eigenvalue weighted by molar-refractivity contribution is 9.10. The van der Waals surface area contributed by atoms with Crippen molar-refractivity contribution in [1.29, 1.82) is 0 Å². The number of phenols is 1. The molecule has 0 aliphatic heterocycles. The third-order valence-corrected chi connectivity index (χ3v) is 4.23. The Morgan fingerprint density at radius 1 is 1.19 bits per heavy atom. The zero-order chi connectivity index (χ0) is 19.6. The number of hydrogen-bond acceptors (Lipinski definition) is 5. The number of nitrogens with zero attached hydrogens (tertiary/aromatic N) is 1. The fourth-order valence-corrected chi connectivity index (χ4v) is 2.90. The van der Waals surface area contributed by atoms with E-state index in [1.807, 2.05) is 0 Å². The third kappa shape index (κ3) is 4.25. The second-order valence-electron chi connectivity index (χ2n) is 5.56. The molecule has 3 N–H and O–H groups in total. The van der Waals surface area contributed by atoms with Crippen LogP contribution in [0.2, 0.25) is 0 Å². The lowest BCUT2D eigenvalue weighted by molar-refractivity contribution is -0.0512. The van der Waals surface area contributed by atoms with Gasteiger partial charge in [0.1, 0.15) is 0 Å². The molecule has 0 aliphatic rings. The van der Waals surface area contributed by atoms with E-state index in [0.29, 0.717) is 21.9 Å². The number of halogens is 3. The van der Waals surface area contributed by atoms with Gasteiger partial charge in [0.05, 0.1) is 12.1 Å². The predicted molar refractivity (Wildman–Crippen MR) is 100.0 cm³/mol. The Bertz CT molecular complexity index is 1080. The predicted octanol–water partition coefficient (Wildman–Crippen LogP) is 3.92. The summed E-state index contributed by atoms with van der Waals surface area (Å²) in [7, 11) is 0. The molecule has 27 heavy (non-hydrogen) atoms. The number of pyridine rings is 1. The van der Waals surface area contributed by atoms with Gasteiger partial charge in [0.2, 0.25) is 5.88 Å². The third-order valence-electron chi connectivity index (χ3n) is 3.74. The summed E-state index contributed by atoms with van der Waals surface area (Å²) in [6, 6.07) is 8.98. The van der Waals surface area contributed by atoms with Gasteiger partial charge in [0, 0.05) is 21.5 Å². The number of benzene rings is 2. The summed E-state index contributed by atoms with van der Waals surface area (Å²) in [4.78, 5) is 18.5. The first kappa shape index (κ1) is 18.8. The number of ether oxygens (including phenoxy) is 1. The number of aromatic amines is 1. The summed E-state index contributed by atoms with van der Waals surface area (Å²) in [6.45, 7) is -2.92. The largest absolute Gasteiger partial charge is 0.504 e. The molecule has 0 atom stereocenters. The fraction of sp³-hybridized carbons (Fsp3) is 0.111. The molecule has 1 aromatic heterocycles. The summed E-state index contributed by atoms with van der Waals surface area (Å²) in [5.74, 6) is -1.07. The van der Waals surface area contributed by atoms with Crippen molar-refractivity contribution in [3.05, 3.63) is 62.4 Å². The van der Waals surface area contributed by atoms with Gasteiger partial charge in [-0.3, -0.25) is 14.8 Å². The fourth-order valence-electron chi connectivity index (χ4n) is 2.54. The monoisotopic (exact) mass is 438 g/mol. The number of H-pyrrole nitrogens is 1. The summed E-state index contributed by atoms with van der Waals surface area (Å²) in [5.41, 5.74) is 0.444. The van der Waals surface area contributed by atoms with Crippen molar-refractivity contribution in [2.45, 2.75) is 13.2 Å². The normalized spacial score (nSPS) is 11.6. The van der Waals surface area contributed by atoms with Crippen LogP contribution in [0, 0.1) is 0 Å². The molecule has 3 rings (SSSR count). The Morgan fingerprint density at radius 3 is 2.67 bits per heavy atom. The van der Waals surface area contributed by atoms with Gasteiger partial charge >= 0.3 is 6.61 Å². The first-order chi connectivity index (χ1) is 12.8. The molecule has 0 amide bonds. The second kappa shape index (κ2) is 7.75. The summed E-state index contributed by atoms with van der Waals surface area (Å²) in [6.07, 6.45) is 1.39. The Labute approximate surface area is 159 Å². The molecule has 0 unspecified atom stereocenters. The molecular weight excluding hydrogens is 426 g/mol. The smallest absolute Gasteiger partial charge is 0.387 e. The van der Waals surface area contributed by atoms with Crippen LogP contribution in [0.4, 0.5) is 8.78 Å². The van der Waals surface area contributed by atoms with E-state index in [1.165, 1.54) is 24.4 Å². The van der Waals surface area contributed by atoms with Crippen LogP contribution in [0.5, 0.6) is 17.4 Å². The number of rotatable bonds is 5. The van der Waals surface area contributed by atoms with Crippen LogP contribution in [0.3, 0.4) is 0 Å². The first-order valence-electron chi connectivity index (χ1n) is 7.66. The zero-order valence-corrected chi connectivity index (χ0v) is 15.2. The molecule has 0 aliphatic carbocycles. The standard InChI is InChI=1S/C18H13BrF2N2O4/c19-10-2-3-11-12(6-10)13(17(26)23-16(11)25)8-22-7-9-1-4-15(14(24)5-9)27-18(20)21/h1-6,8,18,24H,7H2,(H2,23,25,26). The average Bonchev–Trinajstić information content (AvgIpc) is 2.59. The minimum Gasteiger partial charge on any atom is -0.504 e. The molecule has 2 aromatic carbocycles. The van der Waals surface area contributed by atoms with Crippen molar-refractivity contribution < 1.29 is 23.7 Å². The molecule has 0 bridgehead atoms. The van der Waals surface area contributed by atoms with Crippen LogP contribution >= 0.6 is 15.9 Å². The lowest BCUT2D eigenvalue weighted by Gasteiger charge is -2.07. The first-order valence-corrected chi connectivity index (χ1v) is 8.45. The van der Waals surface area contributed by atoms with Crippen molar-refractivity contribution in [2.75, 3.05) is 0 Å². The van der Waals surface area contributed by atoms with E-state index in [1.54, 1.807) is 18.2 Å². The average molecular weight is 439 g/mol. The van der Waals surface area contributed by atoms with E-state index >= 15 is 0 Å². The van der Waals surface area contributed by atoms with Gasteiger partial charge in [-0.05, 0) is 35.9 Å². The lowest BCUT2D eigenvalue weighted by Crippen LogP contribution is -2.08. The SMILES string of the molecule is O=c1[nH]c(O)c(C=NCc2ccc(OC(F)F)c(O)c2)c2cc(Br)ccc12. The minimum atomic E-state index is -3.03. The highest BCUT2D eigenvalue weighted by Crippen LogP contribution is 2.29. The van der Waals surface area contributed by atoms with E-state index in [4.69, 9.17) is 0 Å². The number of aromatic hydroxyl groups is 2. The van der Waals surface area contributed by atoms with Crippen LogP contribution in [-0.4, -0.2) is 28.0 Å². The number of aliphatic imine (C=N–C) groups is 1. The van der Waals surface area contributed by atoms with Gasteiger partial charge in [-0.1, -0.05) is 22.0 Å². The summed E-state index contributed by atoms with van der Waals surface area (Å²) < 4.78 is 29.3. The van der Waals surface area contributed by atoms with Crippen LogP contribution in [0.25, 0.3) is 10.8 Å². The molecule has 0 spiro atoms. The van der Waals surface area contributed by atoms with Crippen molar-refractivity contribution in [3.63, 3.8) is 0 Å². The van der Waals surface area contributed by atoms with E-state index in [0.717, 1.165) is 4.47 Å². The number of fused-ring (bicyclic) bond motifs is 1. The van der Waals surface area contributed by atoms with Crippen LogP contribution in [-0.2, 0) is 6.54 Å². The van der Waals surface area contributed by atoms with E-state index < -0.39 is 17.9 Å². The van der Waals surface area contributed by atoms with Crippen molar-refractivity contribution in [2.24, 2.45) is 4.99 Å². The second-order valence-corrected chi connectivity index (χ2v) is 6.47.